The van der Waals surface area contributed by atoms with Crippen LogP contribution in [0.15, 0.2) is 35.5 Å². The molecule has 10 heteroatoms. The molecular weight excluding hydrogens is 443 g/mol. The summed E-state index contributed by atoms with van der Waals surface area (Å²) < 4.78 is 40.0. The maximum absolute atomic E-state index is 14.9. The predicted octanol–water partition coefficient (Wildman–Crippen LogP) is 3.36. The fourth-order valence-electron chi connectivity index (χ4n) is 4.51. The highest BCUT2D eigenvalue weighted by molar-refractivity contribution is 7.94. The molecule has 0 spiro atoms. The molecule has 1 aromatic carbocycles. The van der Waals surface area contributed by atoms with Crippen LogP contribution in [0.3, 0.4) is 0 Å². The van der Waals surface area contributed by atoms with Gasteiger partial charge in [0.05, 0.1) is 10.3 Å². The van der Waals surface area contributed by atoms with E-state index in [4.69, 9.17) is 17.3 Å². The number of halogens is 2. The number of anilines is 1. The second-order valence-corrected chi connectivity index (χ2v) is 11.4. The molecule has 1 amide bonds. The first kappa shape index (κ1) is 21.7. The van der Waals surface area contributed by atoms with Crippen LogP contribution < -0.4 is 11.1 Å². The van der Waals surface area contributed by atoms with Gasteiger partial charge in [0.2, 0.25) is 0 Å². The number of carbonyl (C=O) groups is 1. The Balaban J connectivity index is 1.75. The molecule has 2 aliphatic heterocycles. The lowest BCUT2D eigenvalue weighted by molar-refractivity contribution is 0.102. The number of carbonyl (C=O) groups excluding carboxylic acids is 1. The number of hydrogen-bond acceptors (Lipinski definition) is 6. The molecule has 0 radical (unpaired) electrons. The van der Waals surface area contributed by atoms with Crippen LogP contribution in [0.2, 0.25) is 5.02 Å². The van der Waals surface area contributed by atoms with E-state index in [9.17, 15) is 17.6 Å². The van der Waals surface area contributed by atoms with Gasteiger partial charge in [-0.2, -0.15) is 0 Å². The van der Waals surface area contributed by atoms with Crippen LogP contribution in [-0.2, 0) is 15.4 Å². The number of benzene rings is 1. The summed E-state index contributed by atoms with van der Waals surface area (Å²) in [5, 5.41) is 2.19. The molecule has 3 N–H and O–H groups in total. The number of aliphatic imine (C=N–C) groups is 1. The first-order valence-electron chi connectivity index (χ1n) is 9.73. The molecule has 2 bridgehead atoms. The standard InChI is InChI=1S/C21H22ClFN4O3S/c1-11-8-12(22)10-25-17(11)18(28)26-13-4-5-15(23)14(9-13)21(3)16-6-7-20(2,19(24)27-21)31(16,29)30/h4-5,8-10,16H,6-7H2,1-3H3,(H2,24,27)(H,26,28)/t16-,20+,21+/m0/s1. The minimum absolute atomic E-state index is 0.0152. The number of amidine groups is 1. The van der Waals surface area contributed by atoms with Crippen molar-refractivity contribution in [3.8, 4) is 0 Å². The SMILES string of the molecule is Cc1cc(Cl)cnc1C(=O)Nc1ccc(F)c([C@@]2(C)N=C(N)[C@@]3(C)CC[C@@H]2S3(=O)=O)c1. The van der Waals surface area contributed by atoms with Gasteiger partial charge in [-0.1, -0.05) is 11.6 Å². The van der Waals surface area contributed by atoms with Gasteiger partial charge in [0.1, 0.15) is 27.6 Å². The Labute approximate surface area is 184 Å². The molecule has 1 aromatic heterocycles. The van der Waals surface area contributed by atoms with Crippen molar-refractivity contribution in [2.24, 2.45) is 10.7 Å². The average Bonchev–Trinajstić information content (AvgIpc) is 2.86. The van der Waals surface area contributed by atoms with Crippen molar-refractivity contribution in [2.45, 2.75) is 49.1 Å². The Morgan fingerprint density at radius 2 is 2.03 bits per heavy atom. The number of fused-ring (bicyclic) bond motifs is 2. The molecule has 3 heterocycles. The Bertz CT molecular complexity index is 1250. The molecule has 1 saturated heterocycles. The highest BCUT2D eigenvalue weighted by Crippen LogP contribution is 2.51. The summed E-state index contributed by atoms with van der Waals surface area (Å²) in [6.07, 6.45) is 2.02. The third-order valence-corrected chi connectivity index (χ3v) is 9.76. The number of rotatable bonds is 3. The molecule has 7 nitrogen and oxygen atoms in total. The summed E-state index contributed by atoms with van der Waals surface area (Å²) in [6.45, 7) is 4.84. The predicted molar refractivity (Wildman–Crippen MR) is 118 cm³/mol. The molecule has 2 aliphatic rings. The third kappa shape index (κ3) is 3.13. The number of aromatic nitrogens is 1. The topological polar surface area (TPSA) is 115 Å². The fraction of sp³-hybridized carbons (Fsp3) is 0.381. The van der Waals surface area contributed by atoms with Crippen LogP contribution in [-0.4, -0.2) is 35.1 Å². The van der Waals surface area contributed by atoms with Crippen molar-refractivity contribution in [1.29, 1.82) is 0 Å². The Morgan fingerprint density at radius 1 is 1.32 bits per heavy atom. The second kappa shape index (κ2) is 7.00. The van der Waals surface area contributed by atoms with Gasteiger partial charge in [0.25, 0.3) is 5.91 Å². The molecule has 164 valence electrons. The minimum Gasteiger partial charge on any atom is -0.386 e. The van der Waals surface area contributed by atoms with Gasteiger partial charge in [-0.25, -0.2) is 17.8 Å². The highest BCUT2D eigenvalue weighted by Gasteiger charge is 2.63. The first-order valence-corrected chi connectivity index (χ1v) is 11.7. The van der Waals surface area contributed by atoms with Gasteiger partial charge in [0, 0.05) is 17.4 Å². The quantitative estimate of drug-likeness (QED) is 0.722. The van der Waals surface area contributed by atoms with Crippen molar-refractivity contribution in [1.82, 2.24) is 4.98 Å². The number of aryl methyl sites for hydroxylation is 1. The molecule has 2 aromatic rings. The average molecular weight is 465 g/mol. The number of sulfone groups is 1. The Kier molecular flexibility index (Phi) is 4.90. The Morgan fingerprint density at radius 3 is 2.71 bits per heavy atom. The van der Waals surface area contributed by atoms with Crippen molar-refractivity contribution in [3.05, 3.63) is 58.1 Å². The van der Waals surface area contributed by atoms with Gasteiger partial charge in [-0.3, -0.25) is 9.79 Å². The van der Waals surface area contributed by atoms with Crippen LogP contribution in [0, 0.1) is 12.7 Å². The normalized spacial score (nSPS) is 28.8. The lowest BCUT2D eigenvalue weighted by atomic mass is 9.86. The highest BCUT2D eigenvalue weighted by atomic mass is 35.5. The monoisotopic (exact) mass is 464 g/mol. The smallest absolute Gasteiger partial charge is 0.274 e. The zero-order valence-electron chi connectivity index (χ0n) is 17.2. The number of nitrogens with zero attached hydrogens (tertiary/aromatic N) is 2. The van der Waals surface area contributed by atoms with E-state index in [2.05, 4.69) is 15.3 Å². The van der Waals surface area contributed by atoms with Gasteiger partial charge < -0.3 is 11.1 Å². The lowest BCUT2D eigenvalue weighted by Gasteiger charge is -2.39. The van der Waals surface area contributed by atoms with E-state index < -0.39 is 37.1 Å². The van der Waals surface area contributed by atoms with Gasteiger partial charge >= 0.3 is 0 Å². The van der Waals surface area contributed by atoms with Gasteiger partial charge in [-0.15, -0.1) is 0 Å². The molecular formula is C21H22ClFN4O3S. The summed E-state index contributed by atoms with van der Waals surface area (Å²) >= 11 is 5.89. The van der Waals surface area contributed by atoms with Crippen LogP contribution in [0.1, 0.15) is 48.3 Å². The molecule has 4 rings (SSSR count). The molecule has 3 atom stereocenters. The third-order valence-electron chi connectivity index (χ3n) is 6.44. The first-order chi connectivity index (χ1) is 14.4. The number of nitrogens with two attached hydrogens (primary N) is 1. The fourth-order valence-corrected chi connectivity index (χ4v) is 7.30. The minimum atomic E-state index is -3.67. The maximum atomic E-state index is 14.9. The summed E-state index contributed by atoms with van der Waals surface area (Å²) in [6, 6.07) is 5.60. The largest absolute Gasteiger partial charge is 0.386 e. The van der Waals surface area contributed by atoms with E-state index in [1.54, 1.807) is 26.8 Å². The van der Waals surface area contributed by atoms with E-state index in [-0.39, 0.29) is 22.8 Å². The summed E-state index contributed by atoms with van der Waals surface area (Å²) in [7, 11) is -3.67. The van der Waals surface area contributed by atoms with E-state index in [0.29, 0.717) is 23.4 Å². The number of nitrogens with one attached hydrogen (secondary N) is 1. The molecule has 0 unspecified atom stereocenters. The van der Waals surface area contributed by atoms with Crippen LogP contribution in [0.4, 0.5) is 10.1 Å². The van der Waals surface area contributed by atoms with Crippen LogP contribution >= 0.6 is 11.6 Å². The van der Waals surface area contributed by atoms with E-state index in [1.165, 1.54) is 24.4 Å². The van der Waals surface area contributed by atoms with Crippen molar-refractivity contribution < 1.29 is 17.6 Å². The molecule has 1 fully saturated rings. The molecule has 0 saturated carbocycles. The number of amides is 1. The van der Waals surface area contributed by atoms with Gasteiger partial charge in [-0.05, 0) is 63.4 Å². The van der Waals surface area contributed by atoms with E-state index in [0.717, 1.165) is 0 Å². The van der Waals surface area contributed by atoms with Crippen molar-refractivity contribution in [2.75, 3.05) is 5.32 Å². The Hall–Kier alpha value is -2.52. The van der Waals surface area contributed by atoms with E-state index in [1.807, 2.05) is 0 Å². The molecule has 31 heavy (non-hydrogen) atoms. The van der Waals surface area contributed by atoms with Crippen LogP contribution in [0.5, 0.6) is 0 Å². The zero-order valence-corrected chi connectivity index (χ0v) is 18.8. The van der Waals surface area contributed by atoms with E-state index >= 15 is 0 Å². The zero-order chi connectivity index (χ0) is 22.8. The van der Waals surface area contributed by atoms with Crippen molar-refractivity contribution >= 4 is 38.9 Å². The van der Waals surface area contributed by atoms with Crippen molar-refractivity contribution in [3.63, 3.8) is 0 Å². The summed E-state index contributed by atoms with van der Waals surface area (Å²) in [5.74, 6) is -1.13. The molecule has 0 aliphatic carbocycles. The lowest BCUT2D eigenvalue weighted by Crippen LogP contribution is -2.55. The van der Waals surface area contributed by atoms with Crippen LogP contribution in [0.25, 0.3) is 0 Å². The maximum Gasteiger partial charge on any atom is 0.274 e. The number of hydrogen-bond donors (Lipinski definition) is 2. The summed E-state index contributed by atoms with van der Waals surface area (Å²) in [4.78, 5) is 21.2. The second-order valence-electron chi connectivity index (χ2n) is 8.42. The van der Waals surface area contributed by atoms with Gasteiger partial charge in [0.15, 0.2) is 9.84 Å². The summed E-state index contributed by atoms with van der Waals surface area (Å²) in [5.41, 5.74) is 5.78. The number of pyridine rings is 1.